The Morgan fingerprint density at radius 2 is 2.04 bits per heavy atom. The van der Waals surface area contributed by atoms with Crippen LogP contribution < -0.4 is 5.32 Å². The molecule has 0 aromatic carbocycles. The predicted octanol–water partition coefficient (Wildman–Crippen LogP) is 2.45. The lowest BCUT2D eigenvalue weighted by molar-refractivity contribution is -0.139. The van der Waals surface area contributed by atoms with Crippen molar-refractivity contribution in [2.45, 2.75) is 70.4 Å². The first-order valence-electron chi connectivity index (χ1n) is 9.69. The Morgan fingerprint density at radius 1 is 1.24 bits per heavy atom. The monoisotopic (exact) mass is 346 g/mol. The zero-order valence-electron chi connectivity index (χ0n) is 15.4. The SMILES string of the molecule is CC1CCC=CC2CC2(C=O)NC(=O)C2CCCN2C(=O)CC(C)C1. The second kappa shape index (κ2) is 7.30. The fourth-order valence-electron chi connectivity index (χ4n) is 4.45. The maximum atomic E-state index is 12.7. The number of carbonyl (C=O) groups excluding carboxylic acids is 3. The summed E-state index contributed by atoms with van der Waals surface area (Å²) in [7, 11) is 0. The van der Waals surface area contributed by atoms with Crippen molar-refractivity contribution >= 4 is 18.1 Å². The highest BCUT2D eigenvalue weighted by molar-refractivity contribution is 5.91. The Balaban J connectivity index is 1.78. The molecule has 1 aliphatic carbocycles. The van der Waals surface area contributed by atoms with Gasteiger partial charge in [-0.05, 0) is 50.4 Å². The summed E-state index contributed by atoms with van der Waals surface area (Å²) >= 11 is 0. The Morgan fingerprint density at radius 3 is 2.80 bits per heavy atom. The van der Waals surface area contributed by atoms with Crippen LogP contribution in [0, 0.1) is 17.8 Å². The molecular formula is C20H30N2O3. The molecule has 0 aromatic rings. The third-order valence-electron chi connectivity index (χ3n) is 6.02. The van der Waals surface area contributed by atoms with E-state index in [1.165, 1.54) is 0 Å². The maximum absolute atomic E-state index is 12.7. The van der Waals surface area contributed by atoms with Crippen molar-refractivity contribution in [3.8, 4) is 0 Å². The van der Waals surface area contributed by atoms with Crippen LogP contribution in [0.5, 0.6) is 0 Å². The third kappa shape index (κ3) is 3.96. The largest absolute Gasteiger partial charge is 0.341 e. The van der Waals surface area contributed by atoms with Crippen LogP contribution in [0.15, 0.2) is 12.2 Å². The van der Waals surface area contributed by atoms with Gasteiger partial charge >= 0.3 is 0 Å². The van der Waals surface area contributed by atoms with Crippen molar-refractivity contribution in [3.63, 3.8) is 0 Å². The molecule has 2 fully saturated rings. The van der Waals surface area contributed by atoms with Crippen LogP contribution in [0.3, 0.4) is 0 Å². The number of fused-ring (bicyclic) bond motifs is 2. The van der Waals surface area contributed by atoms with Gasteiger partial charge in [0.05, 0.1) is 0 Å². The number of amides is 2. The number of allylic oxidation sites excluding steroid dienone is 1. The predicted molar refractivity (Wildman–Crippen MR) is 95.7 cm³/mol. The van der Waals surface area contributed by atoms with Crippen molar-refractivity contribution in [2.75, 3.05) is 6.54 Å². The van der Waals surface area contributed by atoms with E-state index in [-0.39, 0.29) is 17.7 Å². The molecule has 2 heterocycles. The molecule has 5 heteroatoms. The molecule has 5 unspecified atom stereocenters. The van der Waals surface area contributed by atoms with E-state index in [1.54, 1.807) is 4.90 Å². The van der Waals surface area contributed by atoms with Gasteiger partial charge in [-0.15, -0.1) is 0 Å². The summed E-state index contributed by atoms with van der Waals surface area (Å²) in [6.45, 7) is 5.02. The van der Waals surface area contributed by atoms with Crippen LogP contribution in [-0.2, 0) is 14.4 Å². The number of nitrogens with zero attached hydrogens (tertiary/aromatic N) is 1. The fraction of sp³-hybridized carbons (Fsp3) is 0.750. The number of rotatable bonds is 1. The van der Waals surface area contributed by atoms with Crippen molar-refractivity contribution in [2.24, 2.45) is 17.8 Å². The fourth-order valence-corrected chi connectivity index (χ4v) is 4.45. The average molecular weight is 346 g/mol. The smallest absolute Gasteiger partial charge is 0.243 e. The summed E-state index contributed by atoms with van der Waals surface area (Å²) in [5, 5.41) is 2.95. The maximum Gasteiger partial charge on any atom is 0.243 e. The highest BCUT2D eigenvalue weighted by Gasteiger charge is 2.55. The van der Waals surface area contributed by atoms with Crippen molar-refractivity contribution in [1.29, 1.82) is 0 Å². The average Bonchev–Trinajstić information content (AvgIpc) is 3.02. The van der Waals surface area contributed by atoms with Gasteiger partial charge in [-0.25, -0.2) is 0 Å². The summed E-state index contributed by atoms with van der Waals surface area (Å²) in [5.74, 6) is 0.916. The summed E-state index contributed by atoms with van der Waals surface area (Å²) < 4.78 is 0. The zero-order chi connectivity index (χ0) is 18.0. The summed E-state index contributed by atoms with van der Waals surface area (Å²) in [6.07, 6.45) is 10.9. The number of aldehydes is 1. The van der Waals surface area contributed by atoms with Gasteiger partial charge in [-0.3, -0.25) is 9.59 Å². The van der Waals surface area contributed by atoms with Crippen LogP contribution >= 0.6 is 0 Å². The molecule has 3 rings (SSSR count). The topological polar surface area (TPSA) is 66.5 Å². The number of hydrogen-bond donors (Lipinski definition) is 1. The van der Waals surface area contributed by atoms with E-state index >= 15 is 0 Å². The van der Waals surface area contributed by atoms with E-state index in [1.807, 2.05) is 0 Å². The molecule has 2 amide bonds. The molecule has 5 atom stereocenters. The van der Waals surface area contributed by atoms with E-state index in [9.17, 15) is 14.4 Å². The van der Waals surface area contributed by atoms with E-state index in [4.69, 9.17) is 0 Å². The molecule has 3 aliphatic rings. The molecule has 0 radical (unpaired) electrons. The first kappa shape index (κ1) is 18.2. The van der Waals surface area contributed by atoms with Gasteiger partial charge in [0.1, 0.15) is 17.9 Å². The van der Waals surface area contributed by atoms with Gasteiger partial charge in [-0.1, -0.05) is 26.0 Å². The first-order chi connectivity index (χ1) is 11.9. The van der Waals surface area contributed by atoms with Crippen molar-refractivity contribution in [3.05, 3.63) is 12.2 Å². The standard InChI is InChI=1S/C20H30N2O3/c1-14-6-3-4-7-16-12-20(16,13-23)21-19(25)17-8-5-9-22(17)18(24)11-15(2)10-14/h4,7,13-17H,3,5-6,8-12H2,1-2H3,(H,21,25). The lowest BCUT2D eigenvalue weighted by Gasteiger charge is -2.27. The molecule has 0 bridgehead atoms. The Bertz CT molecular complexity index is 573. The quantitative estimate of drug-likeness (QED) is 0.586. The minimum atomic E-state index is -0.746. The van der Waals surface area contributed by atoms with E-state index in [2.05, 4.69) is 31.3 Å². The van der Waals surface area contributed by atoms with Gasteiger partial charge in [-0.2, -0.15) is 0 Å². The van der Waals surface area contributed by atoms with Crippen LogP contribution in [0.25, 0.3) is 0 Å². The highest BCUT2D eigenvalue weighted by Crippen LogP contribution is 2.43. The summed E-state index contributed by atoms with van der Waals surface area (Å²) in [4.78, 5) is 38.8. The van der Waals surface area contributed by atoms with Crippen LogP contribution in [0.2, 0.25) is 0 Å². The normalized spacial score (nSPS) is 39.7. The first-order valence-corrected chi connectivity index (χ1v) is 9.69. The number of carbonyl (C=O) groups is 3. The molecule has 138 valence electrons. The summed E-state index contributed by atoms with van der Waals surface area (Å²) in [5.41, 5.74) is -0.746. The molecule has 5 nitrogen and oxygen atoms in total. The minimum Gasteiger partial charge on any atom is -0.341 e. The summed E-state index contributed by atoms with van der Waals surface area (Å²) in [6, 6.07) is -0.413. The van der Waals surface area contributed by atoms with Crippen LogP contribution in [0.1, 0.15) is 58.8 Å². The number of nitrogens with one attached hydrogen (secondary N) is 1. The van der Waals surface area contributed by atoms with E-state index in [0.29, 0.717) is 37.6 Å². The van der Waals surface area contributed by atoms with Crippen molar-refractivity contribution in [1.82, 2.24) is 10.2 Å². The molecule has 0 spiro atoms. The van der Waals surface area contributed by atoms with E-state index in [0.717, 1.165) is 32.0 Å². The lowest BCUT2D eigenvalue weighted by Crippen LogP contribution is -2.51. The molecule has 1 saturated carbocycles. The number of hydrogen-bond acceptors (Lipinski definition) is 3. The molecular weight excluding hydrogens is 316 g/mol. The van der Waals surface area contributed by atoms with Gasteiger partial charge in [0.15, 0.2) is 0 Å². The Labute approximate surface area is 150 Å². The van der Waals surface area contributed by atoms with Gasteiger partial charge < -0.3 is 15.0 Å². The molecule has 1 N–H and O–H groups in total. The highest BCUT2D eigenvalue weighted by atomic mass is 16.2. The Hall–Kier alpha value is -1.65. The van der Waals surface area contributed by atoms with Crippen molar-refractivity contribution < 1.29 is 14.4 Å². The Kier molecular flexibility index (Phi) is 5.30. The van der Waals surface area contributed by atoms with Gasteiger partial charge in [0, 0.05) is 18.9 Å². The second-order valence-corrected chi connectivity index (χ2v) is 8.36. The zero-order valence-corrected chi connectivity index (χ0v) is 15.4. The van der Waals surface area contributed by atoms with E-state index < -0.39 is 11.6 Å². The molecule has 0 aromatic heterocycles. The minimum absolute atomic E-state index is 0.0813. The second-order valence-electron chi connectivity index (χ2n) is 8.36. The lowest BCUT2D eigenvalue weighted by atomic mass is 9.91. The third-order valence-corrected chi connectivity index (χ3v) is 6.02. The van der Waals surface area contributed by atoms with Gasteiger partial charge in [0.25, 0.3) is 0 Å². The van der Waals surface area contributed by atoms with Gasteiger partial charge in [0.2, 0.25) is 11.8 Å². The van der Waals surface area contributed by atoms with Crippen LogP contribution in [-0.4, -0.2) is 41.1 Å². The van der Waals surface area contributed by atoms with Crippen LogP contribution in [0.4, 0.5) is 0 Å². The molecule has 1 saturated heterocycles. The molecule has 25 heavy (non-hydrogen) atoms. The molecule has 2 aliphatic heterocycles.